The summed E-state index contributed by atoms with van der Waals surface area (Å²) in [4.78, 5) is 17.5. The quantitative estimate of drug-likeness (QED) is 0.357. The first-order chi connectivity index (χ1) is 14.8. The van der Waals surface area contributed by atoms with Gasteiger partial charge in [0, 0.05) is 15.6 Å². The molecule has 156 valence electrons. The number of nitrogens with one attached hydrogen (secondary N) is 1. The topological polar surface area (TPSA) is 59.8 Å². The number of benzene rings is 3. The molecule has 0 saturated heterocycles. The lowest BCUT2D eigenvalue weighted by Gasteiger charge is -2.10. The van der Waals surface area contributed by atoms with E-state index in [2.05, 4.69) is 15.4 Å². The van der Waals surface area contributed by atoms with Gasteiger partial charge in [-0.25, -0.2) is 9.67 Å². The monoisotopic (exact) mass is 470 g/mol. The summed E-state index contributed by atoms with van der Waals surface area (Å²) in [6.07, 6.45) is 0. The number of halogens is 3. The molecule has 0 unspecified atom stereocenters. The predicted molar refractivity (Wildman–Crippen MR) is 126 cm³/mol. The Bertz CT molecular complexity index is 1280. The maximum atomic E-state index is 13.0. The van der Waals surface area contributed by atoms with Gasteiger partial charge in [0.1, 0.15) is 0 Å². The van der Waals surface area contributed by atoms with Crippen LogP contribution in [0.2, 0.25) is 15.1 Å². The molecule has 3 aromatic carbocycles. The van der Waals surface area contributed by atoms with Crippen LogP contribution in [0.4, 0.5) is 5.69 Å². The molecule has 1 N–H and O–H groups in total. The van der Waals surface area contributed by atoms with E-state index in [9.17, 15) is 4.79 Å². The molecule has 1 aromatic heterocycles. The number of carbonyl (C=O) groups is 1. The Balaban J connectivity index is 1.83. The van der Waals surface area contributed by atoms with Gasteiger partial charge in [-0.2, -0.15) is 0 Å². The predicted octanol–water partition coefficient (Wildman–Crippen LogP) is 6.76. The van der Waals surface area contributed by atoms with Crippen LogP contribution in [0.5, 0.6) is 0 Å². The summed E-state index contributed by atoms with van der Waals surface area (Å²) in [5, 5.41) is 8.84. The van der Waals surface area contributed by atoms with Crippen molar-refractivity contribution in [2.45, 2.75) is 13.8 Å². The lowest BCUT2D eigenvalue weighted by molar-refractivity contribution is 0.101. The highest BCUT2D eigenvalue weighted by Gasteiger charge is 2.21. The molecule has 0 radical (unpaired) electrons. The molecule has 5 nitrogen and oxygen atoms in total. The molecule has 0 spiro atoms. The number of amides is 1. The number of aromatic nitrogens is 3. The summed E-state index contributed by atoms with van der Waals surface area (Å²) in [5.74, 6) is -0.0134. The summed E-state index contributed by atoms with van der Waals surface area (Å²) in [7, 11) is 0. The van der Waals surface area contributed by atoms with Crippen molar-refractivity contribution in [1.82, 2.24) is 14.8 Å². The third-order valence-electron chi connectivity index (χ3n) is 4.75. The minimum Gasteiger partial charge on any atom is -0.318 e. The van der Waals surface area contributed by atoms with Crippen molar-refractivity contribution in [2.75, 3.05) is 5.32 Å². The van der Waals surface area contributed by atoms with Gasteiger partial charge in [0.15, 0.2) is 5.82 Å². The molecule has 0 atom stereocenters. The number of rotatable bonds is 4. The lowest BCUT2D eigenvalue weighted by atomic mass is 10.1. The van der Waals surface area contributed by atoms with E-state index >= 15 is 0 Å². The summed E-state index contributed by atoms with van der Waals surface area (Å²) in [6, 6.07) is 18.0. The largest absolute Gasteiger partial charge is 0.318 e. The van der Waals surface area contributed by atoms with Crippen LogP contribution >= 0.6 is 34.8 Å². The van der Waals surface area contributed by atoms with Crippen molar-refractivity contribution in [3.05, 3.63) is 92.7 Å². The molecule has 4 rings (SSSR count). The van der Waals surface area contributed by atoms with Gasteiger partial charge in [-0.1, -0.05) is 65.1 Å². The second kappa shape index (κ2) is 8.71. The molecule has 31 heavy (non-hydrogen) atoms. The van der Waals surface area contributed by atoms with Crippen LogP contribution in [0.15, 0.2) is 60.7 Å². The second-order valence-electron chi connectivity index (χ2n) is 7.00. The Morgan fingerprint density at radius 3 is 2.39 bits per heavy atom. The number of nitrogens with zero attached hydrogens (tertiary/aromatic N) is 3. The van der Waals surface area contributed by atoms with Crippen LogP contribution in [-0.2, 0) is 0 Å². The fraction of sp³-hybridized carbons (Fsp3) is 0.0870. The maximum absolute atomic E-state index is 13.0. The molecular weight excluding hydrogens is 455 g/mol. The average molecular weight is 472 g/mol. The van der Waals surface area contributed by atoms with E-state index in [0.717, 1.165) is 11.1 Å². The van der Waals surface area contributed by atoms with E-state index < -0.39 is 5.91 Å². The van der Waals surface area contributed by atoms with Gasteiger partial charge in [-0.15, -0.1) is 5.10 Å². The highest BCUT2D eigenvalue weighted by molar-refractivity contribution is 6.34. The summed E-state index contributed by atoms with van der Waals surface area (Å²) >= 11 is 18.7. The Morgan fingerprint density at radius 2 is 1.65 bits per heavy atom. The van der Waals surface area contributed by atoms with Crippen molar-refractivity contribution >= 4 is 46.4 Å². The number of hydrogen-bond donors (Lipinski definition) is 1. The van der Waals surface area contributed by atoms with Crippen molar-refractivity contribution in [3.63, 3.8) is 0 Å². The second-order valence-corrected chi connectivity index (χ2v) is 8.28. The van der Waals surface area contributed by atoms with Gasteiger partial charge in [0.05, 0.1) is 16.4 Å². The van der Waals surface area contributed by atoms with E-state index in [1.165, 1.54) is 0 Å². The lowest BCUT2D eigenvalue weighted by Crippen LogP contribution is -2.15. The van der Waals surface area contributed by atoms with Crippen LogP contribution in [0.1, 0.15) is 21.7 Å². The summed E-state index contributed by atoms with van der Waals surface area (Å²) < 4.78 is 1.60. The van der Waals surface area contributed by atoms with E-state index in [1.807, 2.05) is 44.2 Å². The highest BCUT2D eigenvalue weighted by atomic mass is 35.5. The van der Waals surface area contributed by atoms with Crippen molar-refractivity contribution in [2.24, 2.45) is 0 Å². The molecule has 0 aliphatic heterocycles. The first-order valence-corrected chi connectivity index (χ1v) is 10.5. The van der Waals surface area contributed by atoms with Crippen LogP contribution in [0, 0.1) is 13.8 Å². The smallest absolute Gasteiger partial charge is 0.295 e. The maximum Gasteiger partial charge on any atom is 0.295 e. The Labute approximate surface area is 194 Å². The summed E-state index contributed by atoms with van der Waals surface area (Å²) in [5.41, 5.74) is 3.71. The molecule has 0 saturated carbocycles. The summed E-state index contributed by atoms with van der Waals surface area (Å²) in [6.45, 7) is 3.79. The molecule has 1 heterocycles. The normalized spacial score (nSPS) is 10.9. The van der Waals surface area contributed by atoms with Crippen molar-refractivity contribution in [1.29, 1.82) is 0 Å². The van der Waals surface area contributed by atoms with Gasteiger partial charge in [0.2, 0.25) is 5.82 Å². The van der Waals surface area contributed by atoms with Crippen LogP contribution in [-0.4, -0.2) is 20.7 Å². The molecule has 0 fully saturated rings. The van der Waals surface area contributed by atoms with E-state index in [0.29, 0.717) is 37.8 Å². The molecule has 0 aliphatic carbocycles. The zero-order valence-corrected chi connectivity index (χ0v) is 18.9. The molecule has 1 amide bonds. The van der Waals surface area contributed by atoms with E-state index in [1.54, 1.807) is 35.0 Å². The van der Waals surface area contributed by atoms with E-state index in [4.69, 9.17) is 34.8 Å². The zero-order valence-electron chi connectivity index (χ0n) is 16.7. The number of aryl methyl sites for hydroxylation is 2. The molecular formula is C23H17Cl3N4O. The number of hydrogen-bond acceptors (Lipinski definition) is 3. The van der Waals surface area contributed by atoms with Crippen LogP contribution in [0.25, 0.3) is 17.1 Å². The minimum atomic E-state index is -0.474. The Hall–Kier alpha value is -2.86. The third-order valence-corrected chi connectivity index (χ3v) is 5.54. The molecule has 8 heteroatoms. The van der Waals surface area contributed by atoms with Gasteiger partial charge >= 0.3 is 0 Å². The van der Waals surface area contributed by atoms with Gasteiger partial charge in [0.25, 0.3) is 5.91 Å². The standard InChI is InChI=1S/C23H17Cl3N4O/c1-13-9-10-17(25)12-19(13)30-22(15-6-4-7-16(24)11-15)28-21(29-30)23(31)27-20-14(2)5-3-8-18(20)26/h3-12H,1-2H3,(H,27,31). The number of para-hydroxylation sites is 1. The highest BCUT2D eigenvalue weighted by Crippen LogP contribution is 2.28. The zero-order chi connectivity index (χ0) is 22.1. The minimum absolute atomic E-state index is 0.00586. The number of carbonyl (C=O) groups excluding carboxylic acids is 1. The fourth-order valence-electron chi connectivity index (χ4n) is 3.16. The van der Waals surface area contributed by atoms with E-state index in [-0.39, 0.29) is 5.82 Å². The van der Waals surface area contributed by atoms with Gasteiger partial charge in [-0.3, -0.25) is 4.79 Å². The van der Waals surface area contributed by atoms with Gasteiger partial charge < -0.3 is 5.32 Å². The van der Waals surface area contributed by atoms with Crippen molar-refractivity contribution < 1.29 is 4.79 Å². The van der Waals surface area contributed by atoms with Crippen molar-refractivity contribution in [3.8, 4) is 17.1 Å². The van der Waals surface area contributed by atoms with Gasteiger partial charge in [-0.05, 0) is 55.3 Å². The average Bonchev–Trinajstić information content (AvgIpc) is 3.18. The first kappa shape index (κ1) is 21.4. The van der Waals surface area contributed by atoms with Crippen LogP contribution < -0.4 is 5.32 Å². The first-order valence-electron chi connectivity index (χ1n) is 9.39. The Kier molecular flexibility index (Phi) is 6.01. The molecule has 4 aromatic rings. The third kappa shape index (κ3) is 4.44. The number of anilines is 1. The Morgan fingerprint density at radius 1 is 0.903 bits per heavy atom. The molecule has 0 aliphatic rings. The van der Waals surface area contributed by atoms with Crippen LogP contribution in [0.3, 0.4) is 0 Å². The SMILES string of the molecule is Cc1ccc(Cl)cc1-n1nc(C(=O)Nc2c(C)cccc2Cl)nc1-c1cccc(Cl)c1. The molecule has 0 bridgehead atoms. The fourth-order valence-corrected chi connectivity index (χ4v) is 3.79.